The average Bonchev–Trinajstić information content (AvgIpc) is 2.31. The molecule has 0 saturated carbocycles. The Bertz CT molecular complexity index is 248. The van der Waals surface area contributed by atoms with Crippen molar-refractivity contribution < 1.29 is 0 Å². The quantitative estimate of drug-likeness (QED) is 0.678. The lowest BCUT2D eigenvalue weighted by molar-refractivity contribution is 0.767. The second-order valence-corrected chi connectivity index (χ2v) is 2.67. The predicted molar refractivity (Wildman–Crippen MR) is 45.9 cm³/mol. The second kappa shape index (κ2) is 3.34. The normalized spacial score (nSPS) is 14.1. The first-order valence-electron chi connectivity index (χ1n) is 3.61. The summed E-state index contributed by atoms with van der Waals surface area (Å²) in [4.78, 5) is 0. The summed E-state index contributed by atoms with van der Waals surface area (Å²) in [6, 6.07) is 0.107. The lowest BCUT2D eigenvalue weighted by Crippen LogP contribution is -2.09. The third-order valence-electron chi connectivity index (χ3n) is 1.32. The van der Waals surface area contributed by atoms with Crippen LogP contribution in [0.3, 0.4) is 0 Å². The maximum absolute atomic E-state index is 5.53. The Balaban J connectivity index is 2.64. The van der Waals surface area contributed by atoms with Gasteiger partial charge < -0.3 is 5.73 Å². The molecule has 1 unspecified atom stereocenters. The van der Waals surface area contributed by atoms with Gasteiger partial charge in [-0.3, -0.25) is 4.68 Å². The monoisotopic (exact) mass is 151 g/mol. The Kier molecular flexibility index (Phi) is 2.44. The summed E-state index contributed by atoms with van der Waals surface area (Å²) in [7, 11) is 1.89. The van der Waals surface area contributed by atoms with Gasteiger partial charge >= 0.3 is 0 Å². The van der Waals surface area contributed by atoms with Crippen LogP contribution in [0, 0.1) is 0 Å². The van der Waals surface area contributed by atoms with Crippen molar-refractivity contribution in [2.45, 2.75) is 13.0 Å². The summed E-state index contributed by atoms with van der Waals surface area (Å²) < 4.78 is 1.76. The smallest absolute Gasteiger partial charge is 0.0562 e. The van der Waals surface area contributed by atoms with Crippen LogP contribution in [0.1, 0.15) is 12.5 Å². The van der Waals surface area contributed by atoms with E-state index in [2.05, 4.69) is 5.10 Å². The molecule has 0 aromatic carbocycles. The minimum atomic E-state index is 0.107. The Morgan fingerprint density at radius 2 is 2.45 bits per heavy atom. The van der Waals surface area contributed by atoms with Gasteiger partial charge in [0, 0.05) is 24.8 Å². The molecule has 0 spiro atoms. The fourth-order valence-corrected chi connectivity index (χ4v) is 0.789. The Morgan fingerprint density at radius 1 is 1.73 bits per heavy atom. The summed E-state index contributed by atoms with van der Waals surface area (Å²) in [5.41, 5.74) is 6.62. The number of nitrogens with two attached hydrogens (primary N) is 1. The molecule has 0 saturated heterocycles. The van der Waals surface area contributed by atoms with E-state index in [1.54, 1.807) is 10.9 Å². The van der Waals surface area contributed by atoms with E-state index in [9.17, 15) is 0 Å². The van der Waals surface area contributed by atoms with Crippen molar-refractivity contribution in [3.8, 4) is 0 Å². The van der Waals surface area contributed by atoms with E-state index >= 15 is 0 Å². The topological polar surface area (TPSA) is 43.8 Å². The molecular formula is C8H13N3. The van der Waals surface area contributed by atoms with Gasteiger partial charge in [0.1, 0.15) is 0 Å². The molecule has 0 fully saturated rings. The first-order chi connectivity index (χ1) is 5.18. The van der Waals surface area contributed by atoms with Crippen molar-refractivity contribution in [2.24, 2.45) is 12.8 Å². The molecule has 1 atom stereocenters. The zero-order chi connectivity index (χ0) is 8.27. The van der Waals surface area contributed by atoms with E-state index in [0.717, 1.165) is 5.56 Å². The number of hydrogen-bond acceptors (Lipinski definition) is 2. The van der Waals surface area contributed by atoms with Crippen LogP contribution in [-0.2, 0) is 7.05 Å². The minimum absolute atomic E-state index is 0.107. The van der Waals surface area contributed by atoms with Crippen LogP contribution in [0.5, 0.6) is 0 Å². The predicted octanol–water partition coefficient (Wildman–Crippen LogP) is 0.780. The Morgan fingerprint density at radius 3 is 2.91 bits per heavy atom. The van der Waals surface area contributed by atoms with Crippen LogP contribution >= 0.6 is 0 Å². The maximum atomic E-state index is 5.53. The Labute approximate surface area is 66.5 Å². The van der Waals surface area contributed by atoms with Crippen LogP contribution in [0.25, 0.3) is 6.08 Å². The van der Waals surface area contributed by atoms with E-state index < -0.39 is 0 Å². The van der Waals surface area contributed by atoms with Gasteiger partial charge in [0.05, 0.1) is 6.20 Å². The molecule has 0 aliphatic heterocycles. The zero-order valence-electron chi connectivity index (χ0n) is 6.86. The molecule has 1 heterocycles. The van der Waals surface area contributed by atoms with Gasteiger partial charge in [-0.1, -0.05) is 12.2 Å². The van der Waals surface area contributed by atoms with Gasteiger partial charge in [0.25, 0.3) is 0 Å². The number of aromatic nitrogens is 2. The lowest BCUT2D eigenvalue weighted by atomic mass is 10.2. The SMILES string of the molecule is CC(N)/C=C/c1cnn(C)c1. The first-order valence-corrected chi connectivity index (χ1v) is 3.61. The highest BCUT2D eigenvalue weighted by Gasteiger charge is 1.89. The van der Waals surface area contributed by atoms with Crippen molar-refractivity contribution in [1.29, 1.82) is 0 Å². The molecule has 1 aromatic heterocycles. The first kappa shape index (κ1) is 8.01. The maximum Gasteiger partial charge on any atom is 0.0562 e. The average molecular weight is 151 g/mol. The van der Waals surface area contributed by atoms with Gasteiger partial charge in [0.15, 0.2) is 0 Å². The van der Waals surface area contributed by atoms with Crippen molar-refractivity contribution in [2.75, 3.05) is 0 Å². The minimum Gasteiger partial charge on any atom is -0.325 e. The van der Waals surface area contributed by atoms with Crippen LogP contribution in [0.4, 0.5) is 0 Å². The molecule has 0 bridgehead atoms. The third kappa shape index (κ3) is 2.55. The van der Waals surface area contributed by atoms with E-state index in [4.69, 9.17) is 5.73 Å². The molecular weight excluding hydrogens is 138 g/mol. The molecule has 60 valence electrons. The van der Waals surface area contributed by atoms with E-state index in [1.807, 2.05) is 32.3 Å². The van der Waals surface area contributed by atoms with E-state index in [1.165, 1.54) is 0 Å². The second-order valence-electron chi connectivity index (χ2n) is 2.67. The highest BCUT2D eigenvalue weighted by molar-refractivity contribution is 5.47. The van der Waals surface area contributed by atoms with Gasteiger partial charge in [0.2, 0.25) is 0 Å². The van der Waals surface area contributed by atoms with Gasteiger partial charge in [-0.2, -0.15) is 5.10 Å². The summed E-state index contributed by atoms with van der Waals surface area (Å²) >= 11 is 0. The molecule has 2 N–H and O–H groups in total. The van der Waals surface area contributed by atoms with E-state index in [0.29, 0.717) is 0 Å². The highest BCUT2D eigenvalue weighted by Crippen LogP contribution is 1.99. The van der Waals surface area contributed by atoms with Gasteiger partial charge in [-0.25, -0.2) is 0 Å². The van der Waals surface area contributed by atoms with Crippen LogP contribution < -0.4 is 5.73 Å². The Hall–Kier alpha value is -1.09. The largest absolute Gasteiger partial charge is 0.325 e. The molecule has 0 aliphatic carbocycles. The van der Waals surface area contributed by atoms with Gasteiger partial charge in [-0.15, -0.1) is 0 Å². The lowest BCUT2D eigenvalue weighted by Gasteiger charge is -1.91. The van der Waals surface area contributed by atoms with E-state index in [-0.39, 0.29) is 6.04 Å². The molecule has 3 nitrogen and oxygen atoms in total. The number of nitrogens with zero attached hydrogens (tertiary/aromatic N) is 2. The molecule has 1 aromatic rings. The zero-order valence-corrected chi connectivity index (χ0v) is 6.86. The summed E-state index contributed by atoms with van der Waals surface area (Å²) in [5, 5.41) is 4.02. The van der Waals surface area contributed by atoms with Crippen LogP contribution in [0.15, 0.2) is 18.5 Å². The fourth-order valence-electron chi connectivity index (χ4n) is 0.789. The molecule has 3 heteroatoms. The van der Waals surface area contributed by atoms with Crippen molar-refractivity contribution in [3.63, 3.8) is 0 Å². The molecule has 0 aliphatic rings. The molecule has 0 amide bonds. The molecule has 1 rings (SSSR count). The standard InChI is InChI=1S/C8H13N3/c1-7(9)3-4-8-5-10-11(2)6-8/h3-7H,9H2,1-2H3/b4-3+. The number of rotatable bonds is 2. The van der Waals surface area contributed by atoms with Crippen molar-refractivity contribution >= 4 is 6.08 Å². The fraction of sp³-hybridized carbons (Fsp3) is 0.375. The van der Waals surface area contributed by atoms with Crippen molar-refractivity contribution in [1.82, 2.24) is 9.78 Å². The highest BCUT2D eigenvalue weighted by atomic mass is 15.2. The third-order valence-corrected chi connectivity index (χ3v) is 1.32. The van der Waals surface area contributed by atoms with Crippen LogP contribution in [0.2, 0.25) is 0 Å². The molecule has 11 heavy (non-hydrogen) atoms. The summed E-state index contributed by atoms with van der Waals surface area (Å²) in [5.74, 6) is 0. The van der Waals surface area contributed by atoms with Crippen molar-refractivity contribution in [3.05, 3.63) is 24.0 Å². The number of hydrogen-bond donors (Lipinski definition) is 1. The molecule has 0 radical (unpaired) electrons. The van der Waals surface area contributed by atoms with Crippen LogP contribution in [-0.4, -0.2) is 15.8 Å². The summed E-state index contributed by atoms with van der Waals surface area (Å²) in [6.45, 7) is 1.94. The van der Waals surface area contributed by atoms with Gasteiger partial charge in [-0.05, 0) is 6.92 Å². The summed E-state index contributed by atoms with van der Waals surface area (Å²) in [6.07, 6.45) is 7.66. The number of aryl methyl sites for hydroxylation is 1.